The van der Waals surface area contributed by atoms with Crippen LogP contribution in [0.5, 0.6) is 0 Å². The normalized spacial score (nSPS) is 21.8. The zero-order valence-corrected chi connectivity index (χ0v) is 18.2. The van der Waals surface area contributed by atoms with E-state index in [1.54, 1.807) is 27.7 Å². The molecule has 0 amide bonds. The molecule has 0 aromatic heterocycles. The number of esters is 4. The van der Waals surface area contributed by atoms with E-state index in [2.05, 4.69) is 0 Å². The third kappa shape index (κ3) is 7.66. The molecule has 2 atom stereocenters. The van der Waals surface area contributed by atoms with Crippen molar-refractivity contribution in [2.45, 2.75) is 60.3 Å². The molecule has 8 heteroatoms. The van der Waals surface area contributed by atoms with Crippen LogP contribution < -0.4 is 0 Å². The average Bonchev–Trinajstić information content (AvgIpc) is 2.70. The van der Waals surface area contributed by atoms with E-state index >= 15 is 0 Å². The fraction of sp³-hybridized carbons (Fsp3) is 0.810. The number of rotatable bonds is 10. The molecule has 0 saturated heterocycles. The molecule has 29 heavy (non-hydrogen) atoms. The van der Waals surface area contributed by atoms with Gasteiger partial charge in [-0.15, -0.1) is 0 Å². The summed E-state index contributed by atoms with van der Waals surface area (Å²) in [6.45, 7) is 9.22. The van der Waals surface area contributed by atoms with Gasteiger partial charge in [-0.05, 0) is 53.4 Å². The summed E-state index contributed by atoms with van der Waals surface area (Å²) in [5.74, 6) is -3.43. The van der Waals surface area contributed by atoms with E-state index in [1.165, 1.54) is 0 Å². The van der Waals surface area contributed by atoms with Crippen molar-refractivity contribution in [1.29, 1.82) is 0 Å². The third-order valence-electron chi connectivity index (χ3n) is 5.28. The van der Waals surface area contributed by atoms with Crippen LogP contribution in [0.2, 0.25) is 0 Å². The van der Waals surface area contributed by atoms with E-state index in [0.717, 1.165) is 0 Å². The maximum absolute atomic E-state index is 12.5. The van der Waals surface area contributed by atoms with Gasteiger partial charge in [0.25, 0.3) is 0 Å². The summed E-state index contributed by atoms with van der Waals surface area (Å²) in [5, 5.41) is 0. The first kappa shape index (κ1) is 24.9. The second-order valence-electron chi connectivity index (χ2n) is 7.84. The maximum atomic E-state index is 12.5. The van der Waals surface area contributed by atoms with E-state index in [-0.39, 0.29) is 45.2 Å². The Morgan fingerprint density at radius 1 is 0.690 bits per heavy atom. The Bertz CT molecular complexity index is 557. The summed E-state index contributed by atoms with van der Waals surface area (Å²) in [5.41, 5.74) is -0.590. The van der Waals surface area contributed by atoms with Crippen LogP contribution >= 0.6 is 0 Å². The lowest BCUT2D eigenvalue weighted by Gasteiger charge is -2.31. The van der Waals surface area contributed by atoms with Crippen molar-refractivity contribution in [1.82, 2.24) is 0 Å². The van der Waals surface area contributed by atoms with Gasteiger partial charge in [0.15, 0.2) is 0 Å². The smallest absolute Gasteiger partial charge is 0.311 e. The molecule has 8 nitrogen and oxygen atoms in total. The minimum Gasteiger partial charge on any atom is -0.466 e. The minimum atomic E-state index is -0.615. The van der Waals surface area contributed by atoms with Crippen molar-refractivity contribution in [3.05, 3.63) is 0 Å². The number of hydrogen-bond acceptors (Lipinski definition) is 8. The van der Waals surface area contributed by atoms with Gasteiger partial charge in [0, 0.05) is 0 Å². The highest BCUT2D eigenvalue weighted by Crippen LogP contribution is 2.35. The van der Waals surface area contributed by atoms with Gasteiger partial charge in [-0.2, -0.15) is 0 Å². The Balaban J connectivity index is 2.63. The topological polar surface area (TPSA) is 105 Å². The van der Waals surface area contributed by atoms with Gasteiger partial charge in [-0.1, -0.05) is 6.92 Å². The second kappa shape index (κ2) is 11.8. The fourth-order valence-electron chi connectivity index (χ4n) is 3.15. The summed E-state index contributed by atoms with van der Waals surface area (Å²) in [4.78, 5) is 48.7. The molecular formula is C21H34O8. The lowest BCUT2D eigenvalue weighted by atomic mass is 9.75. The molecule has 0 bridgehead atoms. The Morgan fingerprint density at radius 3 is 1.45 bits per heavy atom. The van der Waals surface area contributed by atoms with Crippen LogP contribution in [0.25, 0.3) is 0 Å². The Hall–Kier alpha value is -2.12. The first-order chi connectivity index (χ1) is 13.7. The highest BCUT2D eigenvalue weighted by Gasteiger charge is 2.41. The van der Waals surface area contributed by atoms with E-state index in [9.17, 15) is 19.2 Å². The van der Waals surface area contributed by atoms with E-state index in [4.69, 9.17) is 18.9 Å². The summed E-state index contributed by atoms with van der Waals surface area (Å²) in [7, 11) is 0. The standard InChI is InChI=1S/C21H34O8/c1-6-21(4,5)20(25)29-10-9-28-19(24)16-12-14(17(22)26-7-2)11-15(13-16)18(23)27-8-3/h14-16H,6-13H2,1-5H3. The molecule has 1 saturated carbocycles. The van der Waals surface area contributed by atoms with E-state index in [0.29, 0.717) is 12.8 Å². The van der Waals surface area contributed by atoms with Crippen LogP contribution in [-0.2, 0) is 38.1 Å². The molecule has 2 unspecified atom stereocenters. The maximum Gasteiger partial charge on any atom is 0.311 e. The van der Waals surface area contributed by atoms with Gasteiger partial charge >= 0.3 is 23.9 Å². The first-order valence-corrected chi connectivity index (χ1v) is 10.3. The fourth-order valence-corrected chi connectivity index (χ4v) is 3.15. The molecule has 0 heterocycles. The predicted octanol–water partition coefficient (Wildman–Crippen LogP) is 2.67. The Kier molecular flexibility index (Phi) is 10.1. The van der Waals surface area contributed by atoms with E-state index in [1.807, 2.05) is 6.92 Å². The summed E-state index contributed by atoms with van der Waals surface area (Å²) in [6, 6.07) is 0. The molecule has 1 aliphatic rings. The van der Waals surface area contributed by atoms with Gasteiger partial charge in [-0.25, -0.2) is 0 Å². The highest BCUT2D eigenvalue weighted by molar-refractivity contribution is 5.80. The number of hydrogen-bond donors (Lipinski definition) is 0. The van der Waals surface area contributed by atoms with Crippen molar-refractivity contribution in [3.8, 4) is 0 Å². The molecule has 0 aliphatic heterocycles. The number of carbonyl (C=O) groups excluding carboxylic acids is 4. The lowest BCUT2D eigenvalue weighted by molar-refractivity contribution is -0.165. The van der Waals surface area contributed by atoms with Crippen molar-refractivity contribution in [2.24, 2.45) is 23.2 Å². The monoisotopic (exact) mass is 414 g/mol. The van der Waals surface area contributed by atoms with Crippen LogP contribution in [0.15, 0.2) is 0 Å². The third-order valence-corrected chi connectivity index (χ3v) is 5.28. The summed E-state index contributed by atoms with van der Waals surface area (Å²) >= 11 is 0. The van der Waals surface area contributed by atoms with Gasteiger partial charge in [0.1, 0.15) is 13.2 Å². The molecule has 0 spiro atoms. The Morgan fingerprint density at radius 2 is 1.07 bits per heavy atom. The lowest BCUT2D eigenvalue weighted by Crippen LogP contribution is -2.37. The largest absolute Gasteiger partial charge is 0.466 e. The van der Waals surface area contributed by atoms with Crippen LogP contribution in [-0.4, -0.2) is 50.3 Å². The molecule has 0 aromatic rings. The molecule has 0 N–H and O–H groups in total. The van der Waals surface area contributed by atoms with Crippen molar-refractivity contribution in [3.63, 3.8) is 0 Å². The van der Waals surface area contributed by atoms with Gasteiger partial charge < -0.3 is 18.9 Å². The number of ether oxygens (including phenoxy) is 4. The van der Waals surface area contributed by atoms with Crippen molar-refractivity contribution >= 4 is 23.9 Å². The first-order valence-electron chi connectivity index (χ1n) is 10.3. The van der Waals surface area contributed by atoms with E-state index < -0.39 is 41.1 Å². The predicted molar refractivity (Wildman–Crippen MR) is 104 cm³/mol. The molecule has 0 aromatic carbocycles. The van der Waals surface area contributed by atoms with Crippen molar-refractivity contribution < 1.29 is 38.1 Å². The summed E-state index contributed by atoms with van der Waals surface area (Å²) < 4.78 is 20.5. The van der Waals surface area contributed by atoms with Crippen LogP contribution in [0.1, 0.15) is 60.3 Å². The zero-order chi connectivity index (χ0) is 22.0. The minimum absolute atomic E-state index is 0.0384. The van der Waals surface area contributed by atoms with Crippen LogP contribution in [0, 0.1) is 23.2 Å². The van der Waals surface area contributed by atoms with Crippen LogP contribution in [0.4, 0.5) is 0 Å². The zero-order valence-electron chi connectivity index (χ0n) is 18.2. The highest BCUT2D eigenvalue weighted by atomic mass is 16.6. The van der Waals surface area contributed by atoms with Gasteiger partial charge in [0.05, 0.1) is 36.4 Å². The second-order valence-corrected chi connectivity index (χ2v) is 7.84. The quantitative estimate of drug-likeness (QED) is 0.305. The summed E-state index contributed by atoms with van der Waals surface area (Å²) in [6.07, 6.45) is 1.45. The van der Waals surface area contributed by atoms with Crippen molar-refractivity contribution in [2.75, 3.05) is 26.4 Å². The number of carbonyl (C=O) groups is 4. The average molecular weight is 414 g/mol. The molecule has 1 aliphatic carbocycles. The molecule has 1 fully saturated rings. The Labute approximate surface area is 172 Å². The molecule has 166 valence electrons. The SMILES string of the molecule is CCOC(=O)C1CC(C(=O)OCC)CC(C(=O)OCCOC(=O)C(C)(C)CC)C1. The molecule has 1 rings (SSSR count). The van der Waals surface area contributed by atoms with Crippen LogP contribution in [0.3, 0.4) is 0 Å². The molecular weight excluding hydrogens is 380 g/mol. The molecule has 0 radical (unpaired) electrons. The van der Waals surface area contributed by atoms with Gasteiger partial charge in [0.2, 0.25) is 0 Å². The van der Waals surface area contributed by atoms with Gasteiger partial charge in [-0.3, -0.25) is 19.2 Å².